The highest BCUT2D eigenvalue weighted by Crippen LogP contribution is 2.45. The van der Waals surface area contributed by atoms with E-state index in [9.17, 15) is 14.7 Å². The topological polar surface area (TPSA) is 107 Å². The maximum atomic E-state index is 13.5. The highest BCUT2D eigenvalue weighted by molar-refractivity contribution is 6.46. The fraction of sp³-hybridized carbons (Fsp3) is 0.467. The number of hydrogen-bond acceptors (Lipinski definition) is 9. The zero-order valence-electron chi connectivity index (χ0n) is 23.6. The van der Waals surface area contributed by atoms with Crippen LogP contribution in [0.1, 0.15) is 36.9 Å². The number of ether oxygens (including phenoxy) is 5. The Morgan fingerprint density at radius 1 is 1.00 bits per heavy atom. The fourth-order valence-electron chi connectivity index (χ4n) is 5.01. The lowest BCUT2D eigenvalue weighted by molar-refractivity contribution is -0.140. The average Bonchev–Trinajstić information content (AvgIpc) is 3.24. The van der Waals surface area contributed by atoms with Crippen LogP contribution in [-0.4, -0.2) is 93.9 Å². The van der Waals surface area contributed by atoms with Crippen molar-refractivity contribution in [2.75, 3.05) is 67.3 Å². The van der Waals surface area contributed by atoms with Crippen molar-refractivity contribution in [3.63, 3.8) is 0 Å². The number of rotatable bonds is 12. The molecule has 2 aliphatic rings. The number of hydrogen-bond donors (Lipinski definition) is 1. The Morgan fingerprint density at radius 2 is 1.70 bits per heavy atom. The molecule has 10 nitrogen and oxygen atoms in total. The number of nitrogens with zero attached hydrogens (tertiary/aromatic N) is 2. The molecule has 2 saturated heterocycles. The summed E-state index contributed by atoms with van der Waals surface area (Å²) in [7, 11) is 4.50. The van der Waals surface area contributed by atoms with Gasteiger partial charge in [0.25, 0.3) is 11.7 Å². The lowest BCUT2D eigenvalue weighted by Gasteiger charge is -2.31. The van der Waals surface area contributed by atoms with Crippen LogP contribution in [-0.2, 0) is 14.3 Å². The number of amides is 1. The van der Waals surface area contributed by atoms with Crippen molar-refractivity contribution in [3.8, 4) is 23.0 Å². The lowest BCUT2D eigenvalue weighted by Crippen LogP contribution is -2.42. The quantitative estimate of drug-likeness (QED) is 0.182. The summed E-state index contributed by atoms with van der Waals surface area (Å²) < 4.78 is 27.8. The van der Waals surface area contributed by atoms with Crippen LogP contribution in [0.4, 0.5) is 0 Å². The van der Waals surface area contributed by atoms with E-state index in [1.54, 1.807) is 36.4 Å². The van der Waals surface area contributed by atoms with E-state index in [0.717, 1.165) is 25.9 Å². The van der Waals surface area contributed by atoms with E-state index >= 15 is 0 Å². The number of methoxy groups -OCH3 is 3. The third-order valence-electron chi connectivity index (χ3n) is 7.18. The van der Waals surface area contributed by atoms with E-state index in [4.69, 9.17) is 23.7 Å². The Morgan fingerprint density at radius 3 is 2.33 bits per heavy atom. The first-order chi connectivity index (χ1) is 19.4. The van der Waals surface area contributed by atoms with Gasteiger partial charge in [-0.1, -0.05) is 25.5 Å². The second-order valence-electron chi connectivity index (χ2n) is 9.64. The molecular formula is C30H38N2O8. The van der Waals surface area contributed by atoms with Gasteiger partial charge in [-0.15, -0.1) is 0 Å². The molecule has 2 aromatic carbocycles. The van der Waals surface area contributed by atoms with Crippen LogP contribution in [0.25, 0.3) is 5.76 Å². The molecule has 40 heavy (non-hydrogen) atoms. The predicted molar refractivity (Wildman–Crippen MR) is 149 cm³/mol. The molecule has 4 rings (SSSR count). The Hall–Kier alpha value is -3.76. The fourth-order valence-corrected chi connectivity index (χ4v) is 5.01. The SMILES string of the molecule is CCCCOc1cccc(C(O)=C2C(=O)C(=O)N(CCN3CCOCC3)C2c2cc(OC)c(OC)c(OC)c2)c1. The molecule has 10 heteroatoms. The van der Waals surface area contributed by atoms with Gasteiger partial charge in [-0.25, -0.2) is 0 Å². The molecule has 216 valence electrons. The van der Waals surface area contributed by atoms with Gasteiger partial charge in [-0.2, -0.15) is 0 Å². The van der Waals surface area contributed by atoms with Gasteiger partial charge in [0.15, 0.2) is 11.5 Å². The van der Waals surface area contributed by atoms with E-state index in [0.29, 0.717) is 60.5 Å². The molecule has 1 amide bonds. The van der Waals surface area contributed by atoms with Gasteiger partial charge in [0.1, 0.15) is 11.5 Å². The highest BCUT2D eigenvalue weighted by Gasteiger charge is 2.46. The number of morpholine rings is 1. The highest BCUT2D eigenvalue weighted by atomic mass is 16.5. The Kier molecular flexibility index (Phi) is 9.89. The third kappa shape index (κ3) is 6.18. The van der Waals surface area contributed by atoms with Gasteiger partial charge in [0.05, 0.1) is 52.8 Å². The molecular weight excluding hydrogens is 516 g/mol. The molecule has 0 aromatic heterocycles. The molecule has 1 atom stereocenters. The summed E-state index contributed by atoms with van der Waals surface area (Å²) in [5.74, 6) is 0.00886. The Labute approximate surface area is 235 Å². The summed E-state index contributed by atoms with van der Waals surface area (Å²) in [4.78, 5) is 30.7. The van der Waals surface area contributed by atoms with Gasteiger partial charge in [-0.05, 0) is 36.2 Å². The number of ketones is 1. The van der Waals surface area contributed by atoms with Crippen molar-refractivity contribution in [2.24, 2.45) is 0 Å². The molecule has 0 saturated carbocycles. The predicted octanol–water partition coefficient (Wildman–Crippen LogP) is 3.65. The second-order valence-corrected chi connectivity index (χ2v) is 9.64. The number of unbranched alkanes of at least 4 members (excludes halogenated alkanes) is 1. The number of aliphatic hydroxyl groups is 1. The van der Waals surface area contributed by atoms with Gasteiger partial charge >= 0.3 is 0 Å². The van der Waals surface area contributed by atoms with Crippen molar-refractivity contribution >= 4 is 17.4 Å². The number of carbonyl (C=O) groups excluding carboxylic acids is 2. The first-order valence-corrected chi connectivity index (χ1v) is 13.5. The molecule has 0 spiro atoms. The molecule has 2 aromatic rings. The zero-order chi connectivity index (χ0) is 28.6. The van der Waals surface area contributed by atoms with Crippen LogP contribution in [0.2, 0.25) is 0 Å². The Bertz CT molecular complexity index is 1210. The summed E-state index contributed by atoms with van der Waals surface area (Å²) in [6, 6.07) is 9.45. The smallest absolute Gasteiger partial charge is 0.295 e. The zero-order valence-corrected chi connectivity index (χ0v) is 23.6. The standard InChI is InChI=1S/C30H38N2O8/c1-5-6-14-40-22-9-7-8-20(17-22)27(33)25-26(21-18-23(36-2)29(38-4)24(19-21)37-3)32(30(35)28(25)34)11-10-31-12-15-39-16-13-31/h7-9,17-19,26,33H,5-6,10-16H2,1-4H3. The van der Waals surface area contributed by atoms with E-state index in [1.807, 2.05) is 0 Å². The summed E-state index contributed by atoms with van der Waals surface area (Å²) in [6.45, 7) is 6.16. The second kappa shape index (κ2) is 13.5. The molecule has 1 N–H and O–H groups in total. The van der Waals surface area contributed by atoms with Crippen LogP contribution in [0, 0.1) is 0 Å². The molecule has 1 unspecified atom stereocenters. The normalized spacial score (nSPS) is 19.1. The minimum atomic E-state index is -0.876. The van der Waals surface area contributed by atoms with Crippen LogP contribution < -0.4 is 18.9 Å². The minimum Gasteiger partial charge on any atom is -0.507 e. The van der Waals surface area contributed by atoms with E-state index in [-0.39, 0.29) is 17.9 Å². The van der Waals surface area contributed by atoms with Crippen molar-refractivity contribution in [1.82, 2.24) is 9.80 Å². The third-order valence-corrected chi connectivity index (χ3v) is 7.18. The summed E-state index contributed by atoms with van der Waals surface area (Å²) in [5.41, 5.74) is 0.928. The largest absolute Gasteiger partial charge is 0.507 e. The number of carbonyl (C=O) groups is 2. The molecule has 2 aliphatic heterocycles. The van der Waals surface area contributed by atoms with Gasteiger partial charge < -0.3 is 33.7 Å². The van der Waals surface area contributed by atoms with Gasteiger partial charge in [-0.3, -0.25) is 14.5 Å². The average molecular weight is 555 g/mol. The minimum absolute atomic E-state index is 0.00745. The van der Waals surface area contributed by atoms with Crippen molar-refractivity contribution < 1.29 is 38.4 Å². The maximum Gasteiger partial charge on any atom is 0.295 e. The summed E-state index contributed by atoms with van der Waals surface area (Å²) >= 11 is 0. The van der Waals surface area contributed by atoms with E-state index in [2.05, 4.69) is 11.8 Å². The Balaban J connectivity index is 1.80. The summed E-state index contributed by atoms with van der Waals surface area (Å²) in [5, 5.41) is 11.5. The molecule has 2 heterocycles. The number of likely N-dealkylation sites (tertiary alicyclic amines) is 1. The van der Waals surface area contributed by atoms with Gasteiger partial charge in [0.2, 0.25) is 5.75 Å². The monoisotopic (exact) mass is 554 g/mol. The van der Waals surface area contributed by atoms with Crippen LogP contribution in [0.3, 0.4) is 0 Å². The van der Waals surface area contributed by atoms with Crippen LogP contribution >= 0.6 is 0 Å². The molecule has 2 fully saturated rings. The molecule has 0 bridgehead atoms. The van der Waals surface area contributed by atoms with Gasteiger partial charge in [0, 0.05) is 31.7 Å². The first kappa shape index (κ1) is 29.2. The van der Waals surface area contributed by atoms with E-state index in [1.165, 1.54) is 26.2 Å². The lowest BCUT2D eigenvalue weighted by atomic mass is 9.94. The first-order valence-electron chi connectivity index (χ1n) is 13.5. The van der Waals surface area contributed by atoms with Crippen molar-refractivity contribution in [2.45, 2.75) is 25.8 Å². The molecule has 0 aliphatic carbocycles. The van der Waals surface area contributed by atoms with Crippen LogP contribution in [0.15, 0.2) is 42.0 Å². The number of Topliss-reactive ketones (excluding diaryl/α,β-unsaturated/α-hetero) is 1. The summed E-state index contributed by atoms with van der Waals surface area (Å²) in [6.07, 6.45) is 1.88. The van der Waals surface area contributed by atoms with Crippen molar-refractivity contribution in [1.29, 1.82) is 0 Å². The number of benzene rings is 2. The molecule has 0 radical (unpaired) electrons. The van der Waals surface area contributed by atoms with E-state index < -0.39 is 17.7 Å². The maximum absolute atomic E-state index is 13.5. The van der Waals surface area contributed by atoms with Crippen LogP contribution in [0.5, 0.6) is 23.0 Å². The van der Waals surface area contributed by atoms with Crippen molar-refractivity contribution in [3.05, 3.63) is 53.1 Å². The number of aliphatic hydroxyl groups excluding tert-OH is 1.